The van der Waals surface area contributed by atoms with Gasteiger partial charge in [-0.15, -0.1) is 0 Å². The van der Waals surface area contributed by atoms with Crippen molar-refractivity contribution in [2.45, 2.75) is 25.2 Å². The van der Waals surface area contributed by atoms with Gasteiger partial charge in [-0.3, -0.25) is 0 Å². The van der Waals surface area contributed by atoms with Crippen LogP contribution in [-0.2, 0) is 0 Å². The first-order valence-corrected chi connectivity index (χ1v) is 4.97. The summed E-state index contributed by atoms with van der Waals surface area (Å²) in [5.41, 5.74) is 6.28. The van der Waals surface area contributed by atoms with Crippen LogP contribution in [0.3, 0.4) is 0 Å². The molecule has 0 fully saturated rings. The number of alkyl halides is 1. The molecule has 0 aromatic heterocycles. The maximum absolute atomic E-state index is 6.09. The van der Waals surface area contributed by atoms with Gasteiger partial charge in [-0.2, -0.15) is 0 Å². The van der Waals surface area contributed by atoms with Crippen LogP contribution in [0.4, 0.5) is 0 Å². The SMILES string of the molecule is CC(C)(C)C1C=CC=CC1(N)Br. The van der Waals surface area contributed by atoms with E-state index in [0.29, 0.717) is 5.92 Å². The number of halogens is 1. The van der Waals surface area contributed by atoms with E-state index in [1.165, 1.54) is 0 Å². The van der Waals surface area contributed by atoms with Gasteiger partial charge in [-0.25, -0.2) is 0 Å². The molecule has 1 rings (SSSR count). The Kier molecular flexibility index (Phi) is 2.50. The maximum atomic E-state index is 6.09. The molecule has 1 aliphatic carbocycles. The Bertz CT molecular complexity index is 220. The van der Waals surface area contributed by atoms with E-state index in [1.807, 2.05) is 12.2 Å². The largest absolute Gasteiger partial charge is 0.313 e. The highest BCUT2D eigenvalue weighted by Crippen LogP contribution is 2.40. The summed E-state index contributed by atoms with van der Waals surface area (Å²) < 4.78 is -0.375. The second kappa shape index (κ2) is 3.00. The minimum Gasteiger partial charge on any atom is -0.313 e. The summed E-state index contributed by atoms with van der Waals surface area (Å²) in [7, 11) is 0. The summed E-state index contributed by atoms with van der Waals surface area (Å²) >= 11 is 3.53. The van der Waals surface area contributed by atoms with Crippen molar-refractivity contribution in [3.8, 4) is 0 Å². The average Bonchev–Trinajstić information content (AvgIpc) is 1.83. The summed E-state index contributed by atoms with van der Waals surface area (Å²) in [5, 5.41) is 0. The second-order valence-corrected chi connectivity index (χ2v) is 5.79. The molecular weight excluding hydrogens is 214 g/mol. The third-order valence-corrected chi connectivity index (χ3v) is 2.93. The van der Waals surface area contributed by atoms with E-state index < -0.39 is 0 Å². The number of hydrogen-bond donors (Lipinski definition) is 1. The highest BCUT2D eigenvalue weighted by Gasteiger charge is 2.37. The van der Waals surface area contributed by atoms with Crippen molar-refractivity contribution in [3.63, 3.8) is 0 Å². The fourth-order valence-electron chi connectivity index (χ4n) is 1.58. The Morgan fingerprint density at radius 1 is 1.33 bits per heavy atom. The number of allylic oxidation sites excluding steroid dienone is 2. The van der Waals surface area contributed by atoms with E-state index in [1.54, 1.807) is 0 Å². The molecule has 0 saturated heterocycles. The lowest BCUT2D eigenvalue weighted by molar-refractivity contribution is 0.259. The van der Waals surface area contributed by atoms with E-state index in [0.717, 1.165) is 0 Å². The Morgan fingerprint density at radius 2 is 1.92 bits per heavy atom. The van der Waals surface area contributed by atoms with Crippen LogP contribution in [0, 0.1) is 11.3 Å². The van der Waals surface area contributed by atoms with Crippen LogP contribution < -0.4 is 5.73 Å². The van der Waals surface area contributed by atoms with Crippen molar-refractivity contribution in [2.75, 3.05) is 0 Å². The van der Waals surface area contributed by atoms with Gasteiger partial charge in [0.15, 0.2) is 0 Å². The molecule has 2 heteroatoms. The molecular formula is C10H16BrN. The molecule has 0 bridgehead atoms. The molecule has 2 unspecified atom stereocenters. The summed E-state index contributed by atoms with van der Waals surface area (Å²) in [5.74, 6) is 0.343. The van der Waals surface area contributed by atoms with E-state index in [2.05, 4.69) is 48.9 Å². The standard InChI is InChI=1S/C10H16BrN/c1-9(2,3)8-6-4-5-7-10(8,11)12/h4-8H,12H2,1-3H3. The molecule has 0 amide bonds. The van der Waals surface area contributed by atoms with Crippen LogP contribution in [-0.4, -0.2) is 4.45 Å². The van der Waals surface area contributed by atoms with E-state index >= 15 is 0 Å². The number of hydrogen-bond acceptors (Lipinski definition) is 1. The van der Waals surface area contributed by atoms with Crippen LogP contribution >= 0.6 is 15.9 Å². The van der Waals surface area contributed by atoms with E-state index in [4.69, 9.17) is 5.73 Å². The smallest absolute Gasteiger partial charge is 0.0973 e. The Morgan fingerprint density at radius 3 is 2.25 bits per heavy atom. The quantitative estimate of drug-likeness (QED) is 0.502. The lowest BCUT2D eigenvalue weighted by atomic mass is 9.75. The van der Waals surface area contributed by atoms with Crippen molar-refractivity contribution in [1.82, 2.24) is 0 Å². The molecule has 0 aliphatic heterocycles. The topological polar surface area (TPSA) is 26.0 Å². The van der Waals surface area contributed by atoms with Gasteiger partial charge in [0.1, 0.15) is 0 Å². The third kappa shape index (κ3) is 1.99. The Labute approximate surface area is 82.8 Å². The lowest BCUT2D eigenvalue weighted by Crippen LogP contribution is -2.45. The van der Waals surface area contributed by atoms with Gasteiger partial charge < -0.3 is 5.73 Å². The van der Waals surface area contributed by atoms with Gasteiger partial charge in [-0.1, -0.05) is 61.0 Å². The average molecular weight is 230 g/mol. The normalized spacial score (nSPS) is 35.6. The first-order chi connectivity index (χ1) is 5.34. The number of rotatable bonds is 0. The molecule has 0 saturated carbocycles. The van der Waals surface area contributed by atoms with Crippen molar-refractivity contribution in [3.05, 3.63) is 24.3 Å². The molecule has 0 aromatic carbocycles. The lowest BCUT2D eigenvalue weighted by Gasteiger charge is -2.38. The van der Waals surface area contributed by atoms with E-state index in [-0.39, 0.29) is 9.86 Å². The number of nitrogens with two attached hydrogens (primary N) is 1. The molecule has 2 atom stereocenters. The summed E-state index contributed by atoms with van der Waals surface area (Å²) in [6.45, 7) is 6.60. The molecule has 2 N–H and O–H groups in total. The first-order valence-electron chi connectivity index (χ1n) is 4.18. The summed E-state index contributed by atoms with van der Waals surface area (Å²) in [6.07, 6.45) is 8.21. The molecule has 68 valence electrons. The predicted octanol–water partition coefficient (Wildman–Crippen LogP) is 2.82. The Balaban J connectivity index is 2.92. The molecule has 1 aliphatic rings. The van der Waals surface area contributed by atoms with Gasteiger partial charge >= 0.3 is 0 Å². The van der Waals surface area contributed by atoms with Gasteiger partial charge in [0.25, 0.3) is 0 Å². The minimum atomic E-state index is -0.375. The van der Waals surface area contributed by atoms with Gasteiger partial charge in [0.2, 0.25) is 0 Å². The van der Waals surface area contributed by atoms with Crippen LogP contribution in [0.1, 0.15) is 20.8 Å². The molecule has 1 nitrogen and oxygen atoms in total. The maximum Gasteiger partial charge on any atom is 0.0973 e. The van der Waals surface area contributed by atoms with Gasteiger partial charge in [0.05, 0.1) is 4.45 Å². The minimum absolute atomic E-state index is 0.194. The van der Waals surface area contributed by atoms with Crippen LogP contribution in [0.5, 0.6) is 0 Å². The van der Waals surface area contributed by atoms with Crippen molar-refractivity contribution in [1.29, 1.82) is 0 Å². The Hall–Kier alpha value is -0.0800. The highest BCUT2D eigenvalue weighted by molar-refractivity contribution is 9.10. The van der Waals surface area contributed by atoms with Crippen molar-refractivity contribution < 1.29 is 0 Å². The fraction of sp³-hybridized carbons (Fsp3) is 0.600. The molecule has 0 spiro atoms. The zero-order chi connectivity index (χ0) is 9.41. The van der Waals surface area contributed by atoms with Crippen LogP contribution in [0.2, 0.25) is 0 Å². The van der Waals surface area contributed by atoms with Crippen LogP contribution in [0.15, 0.2) is 24.3 Å². The zero-order valence-corrected chi connectivity index (χ0v) is 9.43. The zero-order valence-electron chi connectivity index (χ0n) is 7.84. The predicted molar refractivity (Wildman–Crippen MR) is 57.1 cm³/mol. The van der Waals surface area contributed by atoms with Gasteiger partial charge in [0, 0.05) is 5.92 Å². The summed E-state index contributed by atoms with van der Waals surface area (Å²) in [4.78, 5) is 0. The fourth-order valence-corrected chi connectivity index (χ4v) is 2.57. The molecule has 0 heterocycles. The van der Waals surface area contributed by atoms with Crippen molar-refractivity contribution >= 4 is 15.9 Å². The molecule has 0 radical (unpaired) electrons. The van der Waals surface area contributed by atoms with Crippen LogP contribution in [0.25, 0.3) is 0 Å². The van der Waals surface area contributed by atoms with E-state index in [9.17, 15) is 0 Å². The molecule has 0 aromatic rings. The first kappa shape index (κ1) is 10.0. The third-order valence-electron chi connectivity index (χ3n) is 2.18. The van der Waals surface area contributed by atoms with Gasteiger partial charge in [-0.05, 0) is 5.41 Å². The monoisotopic (exact) mass is 229 g/mol. The highest BCUT2D eigenvalue weighted by atomic mass is 79.9. The summed E-state index contributed by atoms with van der Waals surface area (Å²) in [6, 6.07) is 0. The molecule has 12 heavy (non-hydrogen) atoms. The second-order valence-electron chi connectivity index (χ2n) is 4.42. The van der Waals surface area contributed by atoms with Crippen molar-refractivity contribution in [2.24, 2.45) is 17.1 Å².